The fraction of sp³-hybridized carbons (Fsp3) is 0.533. The lowest BCUT2D eigenvalue weighted by atomic mass is 9.91. The molecule has 112 valence electrons. The first-order valence-electron chi connectivity index (χ1n) is 6.75. The molecule has 1 unspecified atom stereocenters. The second kappa shape index (κ2) is 7.91. The normalized spacial score (nSPS) is 14.1. The lowest BCUT2D eigenvalue weighted by Gasteiger charge is -2.31. The molecule has 1 aromatic carbocycles. The van der Waals surface area contributed by atoms with Gasteiger partial charge in [0.1, 0.15) is 0 Å². The predicted molar refractivity (Wildman–Crippen MR) is 87.2 cm³/mol. The van der Waals surface area contributed by atoms with Gasteiger partial charge in [-0.1, -0.05) is 37.6 Å². The van der Waals surface area contributed by atoms with E-state index in [0.717, 1.165) is 11.3 Å². The maximum Gasteiger partial charge on any atom is 0.230 e. The number of benzene rings is 1. The molecular formula is C15H23ClN2OS. The fourth-order valence-electron chi connectivity index (χ4n) is 2.16. The summed E-state index contributed by atoms with van der Waals surface area (Å²) < 4.78 is 0. The molecule has 0 fully saturated rings. The van der Waals surface area contributed by atoms with Crippen LogP contribution < -0.4 is 11.1 Å². The second-order valence-electron chi connectivity index (χ2n) is 5.63. The Balaban J connectivity index is 2.53. The number of hydrogen-bond donors (Lipinski definition) is 2. The average molecular weight is 315 g/mol. The van der Waals surface area contributed by atoms with Gasteiger partial charge in [-0.05, 0) is 31.4 Å². The number of carbonyl (C=O) groups excluding carboxylic acids is 1. The van der Waals surface area contributed by atoms with Crippen LogP contribution in [0.3, 0.4) is 0 Å². The maximum atomic E-state index is 12.1. The highest BCUT2D eigenvalue weighted by atomic mass is 35.5. The summed E-state index contributed by atoms with van der Waals surface area (Å²) in [7, 11) is 0. The lowest BCUT2D eigenvalue weighted by molar-refractivity contribution is -0.120. The highest BCUT2D eigenvalue weighted by molar-refractivity contribution is 8.00. The minimum absolute atomic E-state index is 0.0106. The number of nitrogens with two attached hydrogens (primary N) is 1. The van der Waals surface area contributed by atoms with Crippen LogP contribution in [-0.4, -0.2) is 23.7 Å². The van der Waals surface area contributed by atoms with Crippen LogP contribution in [0.25, 0.3) is 0 Å². The molecule has 0 aliphatic carbocycles. The van der Waals surface area contributed by atoms with Crippen LogP contribution in [0, 0.1) is 5.92 Å². The lowest BCUT2D eigenvalue weighted by Crippen LogP contribution is -2.52. The van der Waals surface area contributed by atoms with E-state index in [1.807, 2.05) is 31.2 Å². The molecule has 0 radical (unpaired) electrons. The first-order chi connectivity index (χ1) is 9.36. The van der Waals surface area contributed by atoms with E-state index in [9.17, 15) is 4.79 Å². The average Bonchev–Trinajstić information content (AvgIpc) is 2.36. The smallest absolute Gasteiger partial charge is 0.230 e. The van der Waals surface area contributed by atoms with Gasteiger partial charge in [-0.3, -0.25) is 4.79 Å². The quantitative estimate of drug-likeness (QED) is 0.759. The Morgan fingerprint density at radius 1 is 1.45 bits per heavy atom. The van der Waals surface area contributed by atoms with Crippen molar-refractivity contribution < 1.29 is 4.79 Å². The van der Waals surface area contributed by atoms with Crippen molar-refractivity contribution >= 4 is 29.3 Å². The third-order valence-corrected chi connectivity index (χ3v) is 4.46. The van der Waals surface area contributed by atoms with E-state index >= 15 is 0 Å². The molecule has 0 saturated carbocycles. The highest BCUT2D eigenvalue weighted by Crippen LogP contribution is 2.26. The third kappa shape index (κ3) is 5.73. The largest absolute Gasteiger partial charge is 0.349 e. The van der Waals surface area contributed by atoms with E-state index in [1.165, 1.54) is 11.8 Å². The zero-order valence-corrected chi connectivity index (χ0v) is 13.9. The number of hydrogen-bond acceptors (Lipinski definition) is 3. The first kappa shape index (κ1) is 17.3. The molecule has 0 aromatic heterocycles. The third-order valence-electron chi connectivity index (χ3n) is 2.95. The van der Waals surface area contributed by atoms with Crippen molar-refractivity contribution in [1.29, 1.82) is 0 Å². The summed E-state index contributed by atoms with van der Waals surface area (Å²) in [6, 6.07) is 7.52. The van der Waals surface area contributed by atoms with Crippen molar-refractivity contribution in [2.45, 2.75) is 37.6 Å². The number of thioether (sulfide) groups is 1. The van der Waals surface area contributed by atoms with Crippen molar-refractivity contribution in [3.8, 4) is 0 Å². The molecule has 0 aliphatic rings. The summed E-state index contributed by atoms with van der Waals surface area (Å²) in [5.74, 6) is 0.820. The second-order valence-corrected chi connectivity index (χ2v) is 7.05. The van der Waals surface area contributed by atoms with Crippen molar-refractivity contribution in [1.82, 2.24) is 5.32 Å². The standard InChI is InChI=1S/C15H23ClN2OS/c1-11(2)8-15(3,10-17)18-14(19)9-20-13-7-5-4-6-12(13)16/h4-7,11H,8-10,17H2,1-3H3,(H,18,19). The molecule has 3 N–H and O–H groups in total. The zero-order chi connectivity index (χ0) is 15.2. The van der Waals surface area contributed by atoms with Crippen LogP contribution in [-0.2, 0) is 4.79 Å². The zero-order valence-electron chi connectivity index (χ0n) is 12.3. The van der Waals surface area contributed by atoms with Crippen molar-refractivity contribution in [3.05, 3.63) is 29.3 Å². The summed E-state index contributed by atoms with van der Waals surface area (Å²) in [6.45, 7) is 6.68. The fourth-order valence-corrected chi connectivity index (χ4v) is 3.20. The van der Waals surface area contributed by atoms with Gasteiger partial charge in [0.15, 0.2) is 0 Å². The molecule has 1 amide bonds. The molecule has 20 heavy (non-hydrogen) atoms. The minimum Gasteiger partial charge on any atom is -0.349 e. The van der Waals surface area contributed by atoms with Gasteiger partial charge in [0, 0.05) is 17.0 Å². The van der Waals surface area contributed by atoms with E-state index < -0.39 is 0 Å². The number of nitrogens with one attached hydrogen (secondary N) is 1. The van der Waals surface area contributed by atoms with Gasteiger partial charge < -0.3 is 11.1 Å². The van der Waals surface area contributed by atoms with Crippen LogP contribution in [0.1, 0.15) is 27.2 Å². The van der Waals surface area contributed by atoms with E-state index in [2.05, 4.69) is 19.2 Å². The van der Waals surface area contributed by atoms with Crippen LogP contribution in [0.5, 0.6) is 0 Å². The van der Waals surface area contributed by atoms with Gasteiger partial charge in [0.05, 0.1) is 10.8 Å². The van der Waals surface area contributed by atoms with E-state index in [-0.39, 0.29) is 11.4 Å². The Labute approximate surface area is 130 Å². The molecule has 3 nitrogen and oxygen atoms in total. The first-order valence-corrected chi connectivity index (χ1v) is 8.11. The van der Waals surface area contributed by atoms with Gasteiger partial charge in [-0.15, -0.1) is 11.8 Å². The molecule has 0 aliphatic heterocycles. The Kier molecular flexibility index (Phi) is 6.86. The molecule has 0 spiro atoms. The molecule has 1 atom stereocenters. The molecule has 1 rings (SSSR count). The van der Waals surface area contributed by atoms with Crippen LogP contribution in [0.2, 0.25) is 5.02 Å². The summed E-state index contributed by atoms with van der Waals surface area (Å²) in [4.78, 5) is 13.0. The minimum atomic E-state index is -0.341. The summed E-state index contributed by atoms with van der Waals surface area (Å²) in [5.41, 5.74) is 5.45. The Morgan fingerprint density at radius 2 is 2.10 bits per heavy atom. The summed E-state index contributed by atoms with van der Waals surface area (Å²) in [6.07, 6.45) is 0.867. The van der Waals surface area contributed by atoms with Crippen LogP contribution in [0.4, 0.5) is 0 Å². The molecule has 0 saturated heterocycles. The Hall–Kier alpha value is -0.710. The Bertz CT molecular complexity index is 453. The maximum absolute atomic E-state index is 12.1. The molecule has 5 heteroatoms. The SMILES string of the molecule is CC(C)CC(C)(CN)NC(=O)CSc1ccccc1Cl. The Morgan fingerprint density at radius 3 is 2.65 bits per heavy atom. The monoisotopic (exact) mass is 314 g/mol. The summed E-state index contributed by atoms with van der Waals surface area (Å²) >= 11 is 7.50. The van der Waals surface area contributed by atoms with Crippen molar-refractivity contribution in [2.75, 3.05) is 12.3 Å². The van der Waals surface area contributed by atoms with Gasteiger partial charge in [0.2, 0.25) is 5.91 Å². The van der Waals surface area contributed by atoms with Crippen LogP contribution in [0.15, 0.2) is 29.2 Å². The number of rotatable bonds is 7. The van der Waals surface area contributed by atoms with Crippen molar-refractivity contribution in [2.24, 2.45) is 11.7 Å². The number of amides is 1. The van der Waals surface area contributed by atoms with E-state index in [0.29, 0.717) is 23.2 Å². The highest BCUT2D eigenvalue weighted by Gasteiger charge is 2.25. The van der Waals surface area contributed by atoms with Gasteiger partial charge >= 0.3 is 0 Å². The molecule has 0 bridgehead atoms. The van der Waals surface area contributed by atoms with Gasteiger partial charge in [-0.25, -0.2) is 0 Å². The number of halogens is 1. The molecule has 0 heterocycles. The van der Waals surface area contributed by atoms with Gasteiger partial charge in [0.25, 0.3) is 0 Å². The van der Waals surface area contributed by atoms with Crippen LogP contribution >= 0.6 is 23.4 Å². The predicted octanol–water partition coefficient (Wildman–Crippen LogP) is 3.31. The topological polar surface area (TPSA) is 55.1 Å². The molecular weight excluding hydrogens is 292 g/mol. The van der Waals surface area contributed by atoms with E-state index in [1.54, 1.807) is 0 Å². The number of carbonyl (C=O) groups is 1. The van der Waals surface area contributed by atoms with Crippen molar-refractivity contribution in [3.63, 3.8) is 0 Å². The summed E-state index contributed by atoms with van der Waals surface area (Å²) in [5, 5.41) is 3.71. The van der Waals surface area contributed by atoms with Gasteiger partial charge in [-0.2, -0.15) is 0 Å². The molecule has 1 aromatic rings. The van der Waals surface area contributed by atoms with E-state index in [4.69, 9.17) is 17.3 Å².